The van der Waals surface area contributed by atoms with Gasteiger partial charge < -0.3 is 0 Å². The van der Waals surface area contributed by atoms with Crippen LogP contribution >= 0.6 is 0 Å². The van der Waals surface area contributed by atoms with Gasteiger partial charge in [-0.2, -0.15) is 15.3 Å². The summed E-state index contributed by atoms with van der Waals surface area (Å²) in [5.74, 6) is 0.621. The van der Waals surface area contributed by atoms with Crippen LogP contribution in [0.4, 0.5) is 0 Å². The van der Waals surface area contributed by atoms with Crippen molar-refractivity contribution in [1.82, 2.24) is 45.5 Å². The second-order valence-corrected chi connectivity index (χ2v) is 10.2. The van der Waals surface area contributed by atoms with E-state index in [1.807, 2.05) is 0 Å². The number of aromatic amines is 3. The first-order valence-corrected chi connectivity index (χ1v) is 9.62. The van der Waals surface area contributed by atoms with Gasteiger partial charge in [-0.1, -0.05) is 12.2 Å². The molecule has 1 saturated carbocycles. The maximum atomic E-state index is 4.54. The van der Waals surface area contributed by atoms with E-state index in [1.165, 1.54) is 6.42 Å². The standard InChI is InChI=1S/C13H15N9Si/c1-3-13(4-2-9(1)5-13)23(10-14-6-17-20-10,11-15-7-18-21-11)12-16-8-19-22-12/h1,3,6-9H,2,4-5H2,(H,14,17,20)(H,15,18,21)(H,16,19,22). The molecule has 0 aliphatic heterocycles. The van der Waals surface area contributed by atoms with Crippen LogP contribution in [0.15, 0.2) is 31.1 Å². The van der Waals surface area contributed by atoms with E-state index in [0.717, 1.165) is 29.2 Å². The molecule has 5 rings (SSSR count). The zero-order chi connectivity index (χ0) is 15.3. The van der Waals surface area contributed by atoms with E-state index in [4.69, 9.17) is 0 Å². The lowest BCUT2D eigenvalue weighted by atomic mass is 10.1. The molecule has 0 spiro atoms. The maximum Gasteiger partial charge on any atom is 0.291 e. The summed E-state index contributed by atoms with van der Waals surface area (Å²) in [6, 6.07) is 0. The van der Waals surface area contributed by atoms with Crippen LogP contribution in [0.3, 0.4) is 0 Å². The molecule has 0 saturated heterocycles. The van der Waals surface area contributed by atoms with E-state index in [0.29, 0.717) is 5.92 Å². The highest BCUT2D eigenvalue weighted by Gasteiger charge is 2.66. The number of allylic oxidation sites excluding steroid dienone is 2. The number of fused-ring (bicyclic) bond motifs is 2. The normalized spacial score (nSPS) is 26.2. The third kappa shape index (κ3) is 1.50. The lowest BCUT2D eigenvalue weighted by Crippen LogP contribution is -2.76. The van der Waals surface area contributed by atoms with Crippen LogP contribution in [-0.4, -0.2) is 53.6 Å². The second-order valence-electron chi connectivity index (χ2n) is 6.27. The van der Waals surface area contributed by atoms with Gasteiger partial charge in [0.05, 0.1) is 0 Å². The maximum absolute atomic E-state index is 4.54. The molecule has 2 aliphatic carbocycles. The molecule has 0 aromatic carbocycles. The first kappa shape index (κ1) is 12.9. The van der Waals surface area contributed by atoms with Gasteiger partial charge in [0.2, 0.25) is 0 Å². The Morgan fingerprint density at radius 2 is 1.48 bits per heavy atom. The van der Waals surface area contributed by atoms with Crippen LogP contribution < -0.4 is 16.3 Å². The van der Waals surface area contributed by atoms with Crippen LogP contribution in [0.2, 0.25) is 5.04 Å². The van der Waals surface area contributed by atoms with E-state index in [1.54, 1.807) is 19.0 Å². The van der Waals surface area contributed by atoms with E-state index < -0.39 is 8.07 Å². The third-order valence-corrected chi connectivity index (χ3v) is 10.3. The van der Waals surface area contributed by atoms with Gasteiger partial charge >= 0.3 is 0 Å². The third-order valence-electron chi connectivity index (χ3n) is 5.33. The lowest BCUT2D eigenvalue weighted by molar-refractivity contribution is 0.690. The SMILES string of the molecule is C1=CC2([Si](c3ncn[nH]3)(c3ncn[nH]3)c3ncn[nH]3)CCC1C2. The Bertz CT molecular complexity index is 739. The van der Waals surface area contributed by atoms with Crippen molar-refractivity contribution in [3.63, 3.8) is 0 Å². The van der Waals surface area contributed by atoms with Gasteiger partial charge in [0.1, 0.15) is 35.3 Å². The summed E-state index contributed by atoms with van der Waals surface area (Å²) in [4.78, 5) is 13.6. The minimum atomic E-state index is -2.72. The second kappa shape index (κ2) is 4.44. The number of rotatable bonds is 4. The zero-order valence-electron chi connectivity index (χ0n) is 12.3. The number of H-pyrrole nitrogens is 3. The molecular formula is C13H15N9Si. The number of hydrogen-bond acceptors (Lipinski definition) is 6. The number of hydrogen-bond donors (Lipinski definition) is 3. The quantitative estimate of drug-likeness (QED) is 0.401. The molecule has 23 heavy (non-hydrogen) atoms. The number of nitrogens with one attached hydrogen (secondary N) is 3. The Labute approximate surface area is 132 Å². The molecule has 2 bridgehead atoms. The van der Waals surface area contributed by atoms with Gasteiger partial charge in [-0.15, -0.1) is 0 Å². The molecule has 3 aromatic rings. The summed E-state index contributed by atoms with van der Waals surface area (Å²) < 4.78 is 0. The average Bonchev–Trinajstić information content (AvgIpc) is 3.37. The molecule has 116 valence electrons. The van der Waals surface area contributed by atoms with Gasteiger partial charge in [-0.05, 0) is 25.2 Å². The molecule has 0 amide bonds. The van der Waals surface area contributed by atoms with Crippen LogP contribution in [0.25, 0.3) is 0 Å². The number of nitrogens with zero attached hydrogens (tertiary/aromatic N) is 6. The Hall–Kier alpha value is -2.62. The van der Waals surface area contributed by atoms with Gasteiger partial charge in [0, 0.05) is 5.04 Å². The topological polar surface area (TPSA) is 125 Å². The lowest BCUT2D eigenvalue weighted by Gasteiger charge is -2.39. The van der Waals surface area contributed by atoms with Crippen molar-refractivity contribution in [2.75, 3.05) is 0 Å². The van der Waals surface area contributed by atoms with Crippen molar-refractivity contribution in [1.29, 1.82) is 0 Å². The largest absolute Gasteiger partial charge is 0.291 e. The van der Waals surface area contributed by atoms with Crippen LogP contribution in [0, 0.1) is 5.92 Å². The average molecular weight is 325 g/mol. The Morgan fingerprint density at radius 3 is 1.78 bits per heavy atom. The monoisotopic (exact) mass is 325 g/mol. The summed E-state index contributed by atoms with van der Waals surface area (Å²) in [6.07, 6.45) is 12.7. The van der Waals surface area contributed by atoms with Crippen molar-refractivity contribution < 1.29 is 0 Å². The van der Waals surface area contributed by atoms with Crippen LogP contribution in [-0.2, 0) is 0 Å². The molecular weight excluding hydrogens is 310 g/mol. The summed E-state index contributed by atoms with van der Waals surface area (Å²) in [7, 11) is -2.72. The highest BCUT2D eigenvalue weighted by molar-refractivity contribution is 7.11. The fourth-order valence-electron chi connectivity index (χ4n) is 4.42. The zero-order valence-corrected chi connectivity index (χ0v) is 13.3. The molecule has 9 nitrogen and oxygen atoms in total. The Kier molecular flexibility index (Phi) is 2.49. The molecule has 2 atom stereocenters. The predicted octanol–water partition coefficient (Wildman–Crippen LogP) is -1.38. The highest BCUT2D eigenvalue weighted by Crippen LogP contribution is 2.59. The number of aromatic nitrogens is 9. The minimum absolute atomic E-state index is 0.0454. The highest BCUT2D eigenvalue weighted by atomic mass is 28.3. The van der Waals surface area contributed by atoms with Gasteiger partial charge in [0.15, 0.2) is 0 Å². The first-order valence-electron chi connectivity index (χ1n) is 7.62. The predicted molar refractivity (Wildman–Crippen MR) is 83.0 cm³/mol. The molecule has 3 N–H and O–H groups in total. The molecule has 3 aromatic heterocycles. The van der Waals surface area contributed by atoms with Crippen LogP contribution in [0.5, 0.6) is 0 Å². The first-order chi connectivity index (χ1) is 11.4. The van der Waals surface area contributed by atoms with Crippen molar-refractivity contribution in [2.45, 2.75) is 24.3 Å². The smallest absolute Gasteiger partial charge is 0.267 e. The van der Waals surface area contributed by atoms with E-state index in [-0.39, 0.29) is 5.04 Å². The summed E-state index contributed by atoms with van der Waals surface area (Å²) in [5, 5.41) is 21.6. The summed E-state index contributed by atoms with van der Waals surface area (Å²) >= 11 is 0. The van der Waals surface area contributed by atoms with E-state index in [9.17, 15) is 0 Å². The molecule has 10 heteroatoms. The Morgan fingerprint density at radius 1 is 0.913 bits per heavy atom. The summed E-state index contributed by atoms with van der Waals surface area (Å²) in [5.41, 5.74) is 2.50. The fraction of sp³-hybridized carbons (Fsp3) is 0.385. The molecule has 1 fully saturated rings. The molecule has 2 unspecified atom stereocenters. The Balaban J connectivity index is 1.87. The fourth-order valence-corrected chi connectivity index (χ4v) is 9.39. The van der Waals surface area contributed by atoms with Gasteiger partial charge in [-0.25, -0.2) is 15.0 Å². The van der Waals surface area contributed by atoms with Gasteiger partial charge in [0.25, 0.3) is 8.07 Å². The minimum Gasteiger partial charge on any atom is -0.267 e. The molecule has 0 radical (unpaired) electrons. The van der Waals surface area contributed by atoms with Crippen LogP contribution in [0.1, 0.15) is 19.3 Å². The molecule has 3 heterocycles. The van der Waals surface area contributed by atoms with Crippen molar-refractivity contribution in [2.24, 2.45) is 5.92 Å². The van der Waals surface area contributed by atoms with E-state index in [2.05, 4.69) is 57.7 Å². The molecule has 2 aliphatic rings. The van der Waals surface area contributed by atoms with Crippen molar-refractivity contribution in [3.05, 3.63) is 31.1 Å². The van der Waals surface area contributed by atoms with E-state index >= 15 is 0 Å². The summed E-state index contributed by atoms with van der Waals surface area (Å²) in [6.45, 7) is 0. The van der Waals surface area contributed by atoms with Crippen molar-refractivity contribution in [3.8, 4) is 0 Å². The van der Waals surface area contributed by atoms with Gasteiger partial charge in [-0.3, -0.25) is 15.3 Å². The van der Waals surface area contributed by atoms with Crippen molar-refractivity contribution >= 4 is 24.4 Å².